The molecule has 1 aliphatic carbocycles. The summed E-state index contributed by atoms with van der Waals surface area (Å²) in [5.41, 5.74) is 3.88. The summed E-state index contributed by atoms with van der Waals surface area (Å²) in [6.45, 7) is 6.60. The lowest BCUT2D eigenvalue weighted by Crippen LogP contribution is -2.35. The van der Waals surface area contributed by atoms with E-state index in [0.717, 1.165) is 56.2 Å². The second kappa shape index (κ2) is 9.45. The van der Waals surface area contributed by atoms with Crippen molar-refractivity contribution in [2.45, 2.75) is 76.9 Å². The molecule has 0 aromatic heterocycles. The quantitative estimate of drug-likeness (QED) is 0.537. The molecule has 4 rings (SSSR count). The van der Waals surface area contributed by atoms with Crippen molar-refractivity contribution >= 4 is 27.8 Å². The molecule has 1 aromatic carbocycles. The first-order valence-corrected chi connectivity index (χ1v) is 12.4. The van der Waals surface area contributed by atoms with Crippen LogP contribution in [0.1, 0.15) is 68.7 Å². The molecule has 2 heterocycles. The molecule has 29 heavy (non-hydrogen) atoms. The Morgan fingerprint density at radius 2 is 2.03 bits per heavy atom. The van der Waals surface area contributed by atoms with Gasteiger partial charge in [-0.05, 0) is 66.3 Å². The molecule has 1 spiro atoms. The Kier molecular flexibility index (Phi) is 7.14. The van der Waals surface area contributed by atoms with Gasteiger partial charge < -0.3 is 14.2 Å². The van der Waals surface area contributed by atoms with E-state index in [9.17, 15) is 4.21 Å². The Morgan fingerprint density at radius 1 is 1.28 bits per heavy atom. The lowest BCUT2D eigenvalue weighted by atomic mass is 9.81. The molecular formula is C22H32BrNO4S. The lowest BCUT2D eigenvalue weighted by molar-refractivity contribution is -0.188. The summed E-state index contributed by atoms with van der Waals surface area (Å²) >= 11 is 3.66. The number of halogens is 1. The van der Waals surface area contributed by atoms with Gasteiger partial charge in [0, 0.05) is 23.4 Å². The van der Waals surface area contributed by atoms with Crippen LogP contribution in [0.4, 0.5) is 0 Å². The Bertz CT molecular complexity index is 734. The van der Waals surface area contributed by atoms with Crippen molar-refractivity contribution in [1.82, 2.24) is 4.72 Å². The molecule has 162 valence electrons. The van der Waals surface area contributed by atoms with E-state index in [-0.39, 0.29) is 35.7 Å². The van der Waals surface area contributed by atoms with E-state index in [4.69, 9.17) is 14.2 Å². The maximum absolute atomic E-state index is 11.7. The minimum absolute atomic E-state index is 0.0474. The van der Waals surface area contributed by atoms with Crippen LogP contribution < -0.4 is 4.72 Å². The van der Waals surface area contributed by atoms with E-state index in [2.05, 4.69) is 46.6 Å². The summed E-state index contributed by atoms with van der Waals surface area (Å²) in [4.78, 5) is 0. The number of rotatable bonds is 8. The van der Waals surface area contributed by atoms with Gasteiger partial charge in [-0.2, -0.15) is 0 Å². The summed E-state index contributed by atoms with van der Waals surface area (Å²) < 4.78 is 34.0. The van der Waals surface area contributed by atoms with Gasteiger partial charge >= 0.3 is 0 Å². The van der Waals surface area contributed by atoms with E-state index >= 15 is 0 Å². The first kappa shape index (κ1) is 21.9. The minimum Gasteiger partial charge on any atom is -0.370 e. The second-order valence-electron chi connectivity index (χ2n) is 9.13. The fourth-order valence-corrected chi connectivity index (χ4v) is 5.78. The third-order valence-electron chi connectivity index (χ3n) is 6.35. The van der Waals surface area contributed by atoms with Crippen LogP contribution in [0, 0.1) is 11.8 Å². The van der Waals surface area contributed by atoms with Crippen LogP contribution >= 0.6 is 15.9 Å². The van der Waals surface area contributed by atoms with Crippen molar-refractivity contribution in [2.75, 3.05) is 13.2 Å². The van der Waals surface area contributed by atoms with Crippen molar-refractivity contribution in [3.05, 3.63) is 33.3 Å². The zero-order valence-electron chi connectivity index (χ0n) is 17.3. The van der Waals surface area contributed by atoms with Gasteiger partial charge in [-0.1, -0.05) is 29.8 Å². The van der Waals surface area contributed by atoms with E-state index < -0.39 is 0 Å². The third kappa shape index (κ3) is 5.31. The molecule has 0 bridgehead atoms. The van der Waals surface area contributed by atoms with Gasteiger partial charge in [0.1, 0.15) is 0 Å². The first-order valence-electron chi connectivity index (χ1n) is 10.8. The molecule has 0 radical (unpaired) electrons. The minimum atomic E-state index is -0.186. The largest absolute Gasteiger partial charge is 0.370 e. The Morgan fingerprint density at radius 3 is 2.69 bits per heavy atom. The van der Waals surface area contributed by atoms with Crippen LogP contribution in [-0.4, -0.2) is 29.3 Å². The molecular weight excluding hydrogens is 454 g/mol. The van der Waals surface area contributed by atoms with Crippen molar-refractivity contribution in [3.8, 4) is 0 Å². The van der Waals surface area contributed by atoms with Crippen LogP contribution in [-0.2, 0) is 39.1 Å². The summed E-state index contributed by atoms with van der Waals surface area (Å²) in [5.74, 6) is 0.764. The van der Waals surface area contributed by atoms with Gasteiger partial charge in [0.05, 0.1) is 37.3 Å². The summed E-state index contributed by atoms with van der Waals surface area (Å²) in [5, 5.41) is 0. The molecule has 1 unspecified atom stereocenters. The van der Waals surface area contributed by atoms with Gasteiger partial charge in [-0.3, -0.25) is 0 Å². The molecule has 1 saturated carbocycles. The number of benzene rings is 1. The van der Waals surface area contributed by atoms with Gasteiger partial charge in [-0.15, -0.1) is 0 Å². The number of ether oxygens (including phenoxy) is 3. The molecule has 2 aliphatic heterocycles. The summed E-state index contributed by atoms with van der Waals surface area (Å²) in [6, 6.07) is 4.36. The highest BCUT2D eigenvalue weighted by Gasteiger charge is 2.47. The zero-order valence-corrected chi connectivity index (χ0v) is 19.8. The van der Waals surface area contributed by atoms with E-state index in [1.54, 1.807) is 0 Å². The van der Waals surface area contributed by atoms with Crippen LogP contribution in [0.3, 0.4) is 0 Å². The average Bonchev–Trinajstić information content (AvgIpc) is 3.43. The number of nitrogens with one attached hydrogen (secondary N) is 1. The standard InChI is InChI=1S/C22H32BrNO4S/c1-14(2)8-15(10-20-26-6-3-7-27-20)21(24-29-25)18-11-17(23)9-16-12-22(4-5-22)28-13-19(16)18/h9,11,14-15,20-21,29H,3-8,10,12-13H2,1-2H3,(H,24,25)/t15?,21-/m0/s1. The molecule has 2 fully saturated rings. The summed E-state index contributed by atoms with van der Waals surface area (Å²) in [7, 11) is 0. The SMILES string of the molecule is CC(C)CC(CC1OCCCO1)[C@H](N[SH]=O)c1cc(Br)cc2c1COC1(CC1)C2. The zero-order chi connectivity index (χ0) is 20.4. The number of fused-ring (bicyclic) bond motifs is 1. The van der Waals surface area contributed by atoms with Gasteiger partial charge in [-0.25, -0.2) is 8.93 Å². The second-order valence-corrected chi connectivity index (χ2v) is 10.5. The van der Waals surface area contributed by atoms with Crippen LogP contribution in [0.15, 0.2) is 16.6 Å². The summed E-state index contributed by atoms with van der Waals surface area (Å²) in [6.07, 6.45) is 5.84. The normalized spacial score (nSPS) is 23.2. The highest BCUT2D eigenvalue weighted by atomic mass is 79.9. The Labute approximate surface area is 186 Å². The van der Waals surface area contributed by atoms with Gasteiger partial charge in [0.25, 0.3) is 0 Å². The Balaban J connectivity index is 1.65. The van der Waals surface area contributed by atoms with Gasteiger partial charge in [0.15, 0.2) is 6.29 Å². The lowest BCUT2D eigenvalue weighted by Gasteiger charge is -2.35. The van der Waals surface area contributed by atoms with E-state index in [1.165, 1.54) is 16.7 Å². The Hall–Kier alpha value is -0.310. The van der Waals surface area contributed by atoms with Crippen LogP contribution in [0.5, 0.6) is 0 Å². The van der Waals surface area contributed by atoms with Crippen molar-refractivity contribution in [3.63, 3.8) is 0 Å². The molecule has 7 heteroatoms. The van der Waals surface area contributed by atoms with Crippen molar-refractivity contribution in [2.24, 2.45) is 11.8 Å². The maximum atomic E-state index is 11.7. The predicted octanol–water partition coefficient (Wildman–Crippen LogP) is 4.36. The topological polar surface area (TPSA) is 56.8 Å². The van der Waals surface area contributed by atoms with Crippen LogP contribution in [0.2, 0.25) is 0 Å². The smallest absolute Gasteiger partial charge is 0.157 e. The fourth-order valence-electron chi connectivity index (χ4n) is 4.79. The van der Waals surface area contributed by atoms with E-state index in [1.807, 2.05) is 0 Å². The molecule has 0 amide bonds. The number of thiol groups is 1. The number of hydrogen-bond donors (Lipinski definition) is 2. The van der Waals surface area contributed by atoms with Gasteiger partial charge in [0.2, 0.25) is 0 Å². The first-order chi connectivity index (χ1) is 14.0. The molecule has 2 atom stereocenters. The third-order valence-corrected chi connectivity index (χ3v) is 7.19. The van der Waals surface area contributed by atoms with Crippen LogP contribution in [0.25, 0.3) is 0 Å². The fraction of sp³-hybridized carbons (Fsp3) is 0.727. The number of hydrogen-bond acceptors (Lipinski definition) is 4. The molecule has 1 aromatic rings. The highest BCUT2D eigenvalue weighted by Crippen LogP contribution is 2.48. The molecule has 1 N–H and O–H groups in total. The molecule has 1 saturated heterocycles. The monoisotopic (exact) mass is 485 g/mol. The predicted molar refractivity (Wildman–Crippen MR) is 118 cm³/mol. The van der Waals surface area contributed by atoms with Crippen molar-refractivity contribution < 1.29 is 18.4 Å². The average molecular weight is 486 g/mol. The maximum Gasteiger partial charge on any atom is 0.157 e. The van der Waals surface area contributed by atoms with Crippen molar-refractivity contribution in [1.29, 1.82) is 0 Å². The molecule has 3 aliphatic rings. The molecule has 5 nitrogen and oxygen atoms in total. The highest BCUT2D eigenvalue weighted by molar-refractivity contribution is 9.10. The van der Waals surface area contributed by atoms with E-state index in [0.29, 0.717) is 12.5 Å².